The van der Waals surface area contributed by atoms with Gasteiger partial charge >= 0.3 is 0 Å². The van der Waals surface area contributed by atoms with Crippen molar-refractivity contribution in [2.75, 3.05) is 11.1 Å². The molecule has 1 aromatic carbocycles. The van der Waals surface area contributed by atoms with Crippen LogP contribution in [0.25, 0.3) is 0 Å². The fourth-order valence-electron chi connectivity index (χ4n) is 2.13. The molecule has 1 heterocycles. The zero-order valence-corrected chi connectivity index (χ0v) is 13.9. The van der Waals surface area contributed by atoms with Gasteiger partial charge in [-0.05, 0) is 31.5 Å². The highest BCUT2D eigenvalue weighted by Crippen LogP contribution is 2.24. The number of carboxylic acid groups (broad SMARTS) is 1. The van der Waals surface area contributed by atoms with Crippen LogP contribution in [-0.2, 0) is 4.79 Å². The third kappa shape index (κ3) is 4.12. The zero-order chi connectivity index (χ0) is 17.7. The highest BCUT2D eigenvalue weighted by atomic mass is 32.2. The number of para-hydroxylation sites is 1. The number of carbonyl (C=O) groups is 2. The number of aromatic carboxylic acids is 1. The van der Waals surface area contributed by atoms with Crippen LogP contribution in [-0.4, -0.2) is 22.6 Å². The van der Waals surface area contributed by atoms with Gasteiger partial charge in [0.25, 0.3) is 0 Å². The first-order valence-electron chi connectivity index (χ1n) is 7.03. The van der Waals surface area contributed by atoms with E-state index in [1.165, 1.54) is 12.1 Å². The normalized spacial score (nSPS) is 10.0. The summed E-state index contributed by atoms with van der Waals surface area (Å²) >= 11 is 1.13. The Morgan fingerprint density at radius 2 is 2.04 bits per heavy atom. The predicted octanol–water partition coefficient (Wildman–Crippen LogP) is 1.66. The molecule has 122 valence electrons. The number of aromatic nitrogens is 1. The minimum Gasteiger partial charge on any atom is -0.545 e. The molecule has 1 aromatic heterocycles. The third-order valence-electron chi connectivity index (χ3n) is 3.18. The summed E-state index contributed by atoms with van der Waals surface area (Å²) in [6.07, 6.45) is 0. The number of thioether (sulfide) groups is 1. The molecule has 24 heavy (non-hydrogen) atoms. The summed E-state index contributed by atoms with van der Waals surface area (Å²) in [6, 6.07) is 9.91. The van der Waals surface area contributed by atoms with E-state index >= 15 is 0 Å². The lowest BCUT2D eigenvalue weighted by molar-refractivity contribution is -0.254. The number of aryl methyl sites for hydroxylation is 2. The number of benzene rings is 1. The lowest BCUT2D eigenvalue weighted by Crippen LogP contribution is -2.25. The Kier molecular flexibility index (Phi) is 5.55. The van der Waals surface area contributed by atoms with E-state index in [1.807, 2.05) is 13.8 Å². The molecular formula is C17H14N3O3S-. The lowest BCUT2D eigenvalue weighted by Gasteiger charge is -2.12. The maximum absolute atomic E-state index is 12.1. The van der Waals surface area contributed by atoms with Crippen LogP contribution in [0.2, 0.25) is 0 Å². The van der Waals surface area contributed by atoms with E-state index in [4.69, 9.17) is 0 Å². The Morgan fingerprint density at radius 1 is 1.33 bits per heavy atom. The number of hydrogen-bond donors (Lipinski definition) is 1. The molecule has 0 bridgehead atoms. The Morgan fingerprint density at radius 3 is 2.71 bits per heavy atom. The van der Waals surface area contributed by atoms with Crippen molar-refractivity contribution >= 4 is 29.3 Å². The van der Waals surface area contributed by atoms with Crippen LogP contribution in [0.1, 0.15) is 27.2 Å². The number of nitrogens with one attached hydrogen (secondary N) is 1. The van der Waals surface area contributed by atoms with Gasteiger partial charge < -0.3 is 15.2 Å². The van der Waals surface area contributed by atoms with E-state index < -0.39 is 11.9 Å². The van der Waals surface area contributed by atoms with Crippen molar-refractivity contribution in [3.63, 3.8) is 0 Å². The second-order valence-corrected chi connectivity index (χ2v) is 6.01. The van der Waals surface area contributed by atoms with E-state index in [1.54, 1.807) is 18.2 Å². The van der Waals surface area contributed by atoms with Crippen molar-refractivity contribution < 1.29 is 14.7 Å². The van der Waals surface area contributed by atoms with Gasteiger partial charge in [-0.15, -0.1) is 0 Å². The van der Waals surface area contributed by atoms with Crippen molar-refractivity contribution in [1.29, 1.82) is 5.26 Å². The van der Waals surface area contributed by atoms with Crippen molar-refractivity contribution in [3.8, 4) is 6.07 Å². The Labute approximate surface area is 143 Å². The molecule has 2 aromatic rings. The second kappa shape index (κ2) is 7.62. The molecule has 6 nitrogen and oxygen atoms in total. The molecular weight excluding hydrogens is 326 g/mol. The number of nitrogens with zero attached hydrogens (tertiary/aromatic N) is 2. The van der Waals surface area contributed by atoms with Gasteiger partial charge in [0, 0.05) is 16.9 Å². The summed E-state index contributed by atoms with van der Waals surface area (Å²) < 4.78 is 0. The molecule has 0 saturated carbocycles. The summed E-state index contributed by atoms with van der Waals surface area (Å²) in [5.74, 6) is -1.74. The minimum atomic E-state index is -1.36. The van der Waals surface area contributed by atoms with Gasteiger partial charge in [-0.1, -0.05) is 30.0 Å². The summed E-state index contributed by atoms with van der Waals surface area (Å²) in [5.41, 5.74) is 2.09. The average molecular weight is 340 g/mol. The molecule has 2 rings (SSSR count). The van der Waals surface area contributed by atoms with E-state index in [2.05, 4.69) is 16.4 Å². The summed E-state index contributed by atoms with van der Waals surface area (Å²) in [6.45, 7) is 3.63. The zero-order valence-electron chi connectivity index (χ0n) is 13.1. The molecule has 0 radical (unpaired) electrons. The predicted molar refractivity (Wildman–Crippen MR) is 88.6 cm³/mol. The largest absolute Gasteiger partial charge is 0.545 e. The highest BCUT2D eigenvalue weighted by molar-refractivity contribution is 8.00. The topological polar surface area (TPSA) is 106 Å². The Balaban J connectivity index is 2.10. The minimum absolute atomic E-state index is 0.00591. The average Bonchev–Trinajstić information content (AvgIpc) is 2.52. The molecule has 0 fully saturated rings. The van der Waals surface area contributed by atoms with Crippen LogP contribution < -0.4 is 10.4 Å². The van der Waals surface area contributed by atoms with Crippen molar-refractivity contribution in [2.24, 2.45) is 0 Å². The molecule has 0 spiro atoms. The van der Waals surface area contributed by atoms with Gasteiger partial charge in [-0.3, -0.25) is 4.79 Å². The maximum Gasteiger partial charge on any atom is 0.234 e. The first-order chi connectivity index (χ1) is 11.4. The van der Waals surface area contributed by atoms with E-state index in [9.17, 15) is 20.0 Å². The van der Waals surface area contributed by atoms with Gasteiger partial charge in [0.05, 0.1) is 17.3 Å². The van der Waals surface area contributed by atoms with Crippen LogP contribution in [0.15, 0.2) is 35.4 Å². The number of hydrogen-bond acceptors (Lipinski definition) is 6. The van der Waals surface area contributed by atoms with Crippen LogP contribution in [0, 0.1) is 25.2 Å². The number of carbonyl (C=O) groups excluding carboxylic acids is 2. The number of anilines is 1. The SMILES string of the molecule is Cc1cc(C)c(C#N)c(SCC(=O)Nc2ccccc2C(=O)[O-])n1. The van der Waals surface area contributed by atoms with Crippen LogP contribution in [0.3, 0.4) is 0 Å². The molecule has 0 aliphatic heterocycles. The number of amides is 1. The first-order valence-corrected chi connectivity index (χ1v) is 8.02. The molecule has 1 N–H and O–H groups in total. The quantitative estimate of drug-likeness (QED) is 0.830. The molecule has 0 saturated heterocycles. The molecule has 7 heteroatoms. The number of pyridine rings is 1. The van der Waals surface area contributed by atoms with Crippen molar-refractivity contribution in [3.05, 3.63) is 52.7 Å². The van der Waals surface area contributed by atoms with Crippen molar-refractivity contribution in [1.82, 2.24) is 4.98 Å². The molecule has 1 amide bonds. The molecule has 0 atom stereocenters. The van der Waals surface area contributed by atoms with E-state index in [-0.39, 0.29) is 17.0 Å². The number of nitriles is 1. The van der Waals surface area contributed by atoms with Gasteiger partial charge in [-0.2, -0.15) is 5.26 Å². The second-order valence-electron chi connectivity index (χ2n) is 5.04. The van der Waals surface area contributed by atoms with Gasteiger partial charge in [-0.25, -0.2) is 4.98 Å². The summed E-state index contributed by atoms with van der Waals surface area (Å²) in [5, 5.41) is 23.3. The van der Waals surface area contributed by atoms with Crippen LogP contribution in [0.4, 0.5) is 5.69 Å². The van der Waals surface area contributed by atoms with Gasteiger partial charge in [0.1, 0.15) is 11.1 Å². The monoisotopic (exact) mass is 340 g/mol. The van der Waals surface area contributed by atoms with E-state index in [0.717, 1.165) is 23.0 Å². The third-order valence-corrected chi connectivity index (χ3v) is 4.16. The lowest BCUT2D eigenvalue weighted by atomic mass is 10.1. The van der Waals surface area contributed by atoms with E-state index in [0.29, 0.717) is 10.6 Å². The summed E-state index contributed by atoms with van der Waals surface area (Å²) in [7, 11) is 0. The molecule has 0 unspecified atom stereocenters. The fourth-order valence-corrected chi connectivity index (χ4v) is 3.03. The fraction of sp³-hybridized carbons (Fsp3) is 0.176. The highest BCUT2D eigenvalue weighted by Gasteiger charge is 2.12. The molecule has 0 aliphatic carbocycles. The number of rotatable bonds is 5. The first kappa shape index (κ1) is 17.5. The summed E-state index contributed by atoms with van der Waals surface area (Å²) in [4.78, 5) is 27.4. The number of carboxylic acids is 1. The Hall–Kier alpha value is -2.85. The maximum atomic E-state index is 12.1. The standard InChI is InChI=1S/C17H15N3O3S/c1-10-7-11(2)19-16(13(10)8-18)24-9-15(21)20-14-6-4-3-5-12(14)17(22)23/h3-7H,9H2,1-2H3,(H,20,21)(H,22,23)/p-1. The van der Waals surface area contributed by atoms with Gasteiger partial charge in [0.15, 0.2) is 0 Å². The van der Waals surface area contributed by atoms with Crippen LogP contribution in [0.5, 0.6) is 0 Å². The smallest absolute Gasteiger partial charge is 0.234 e. The molecule has 0 aliphatic rings. The van der Waals surface area contributed by atoms with Crippen molar-refractivity contribution in [2.45, 2.75) is 18.9 Å². The Bertz CT molecular complexity index is 843. The van der Waals surface area contributed by atoms with Gasteiger partial charge in [0.2, 0.25) is 5.91 Å². The van der Waals surface area contributed by atoms with Crippen LogP contribution >= 0.6 is 11.8 Å².